The smallest absolute Gasteiger partial charge is 0.295 e. The molecule has 1 aliphatic heterocycles. The first-order valence-corrected chi connectivity index (χ1v) is 6.96. The maximum absolute atomic E-state index is 13.0. The molecule has 0 amide bonds. The Balaban J connectivity index is 1.86. The number of hydrogen-bond acceptors (Lipinski definition) is 4. The minimum absolute atomic E-state index is 0.211. The van der Waals surface area contributed by atoms with Crippen LogP contribution in [0.5, 0.6) is 0 Å². The number of halogens is 1. The number of benzene rings is 1. The zero-order valence-electron chi connectivity index (χ0n) is 11.6. The summed E-state index contributed by atoms with van der Waals surface area (Å²) in [7, 11) is 0. The van der Waals surface area contributed by atoms with E-state index >= 15 is 0 Å². The predicted octanol–water partition coefficient (Wildman–Crippen LogP) is 2.88. The lowest BCUT2D eigenvalue weighted by Crippen LogP contribution is -2.36. The van der Waals surface area contributed by atoms with Crippen LogP contribution in [0.3, 0.4) is 0 Å². The van der Waals surface area contributed by atoms with Crippen LogP contribution >= 0.6 is 0 Å². The largest absolute Gasteiger partial charge is 0.378 e. The lowest BCUT2D eigenvalue weighted by atomic mass is 9.99. The van der Waals surface area contributed by atoms with Crippen molar-refractivity contribution in [1.29, 1.82) is 0 Å². The van der Waals surface area contributed by atoms with Gasteiger partial charge in [0.2, 0.25) is 0 Å². The SMILES string of the molecule is CC1CCN(CCNc2ccc(F)cc2[N+](=O)[O-])CC1. The summed E-state index contributed by atoms with van der Waals surface area (Å²) in [5.41, 5.74) is 0.166. The second-order valence-electron chi connectivity index (χ2n) is 5.37. The fourth-order valence-corrected chi connectivity index (χ4v) is 2.44. The van der Waals surface area contributed by atoms with Crippen LogP contribution < -0.4 is 5.32 Å². The third-order valence-corrected chi connectivity index (χ3v) is 3.78. The van der Waals surface area contributed by atoms with E-state index in [9.17, 15) is 14.5 Å². The molecule has 1 aliphatic rings. The van der Waals surface area contributed by atoms with Crippen LogP contribution in [0.4, 0.5) is 15.8 Å². The number of hydrogen-bond donors (Lipinski definition) is 1. The second-order valence-corrected chi connectivity index (χ2v) is 5.37. The van der Waals surface area contributed by atoms with Gasteiger partial charge in [-0.25, -0.2) is 4.39 Å². The molecule has 0 unspecified atom stereocenters. The summed E-state index contributed by atoms with van der Waals surface area (Å²) in [4.78, 5) is 12.7. The van der Waals surface area contributed by atoms with Gasteiger partial charge in [-0.2, -0.15) is 0 Å². The molecule has 110 valence electrons. The van der Waals surface area contributed by atoms with E-state index in [0.29, 0.717) is 12.2 Å². The molecule has 0 aliphatic carbocycles. The zero-order chi connectivity index (χ0) is 14.5. The van der Waals surface area contributed by atoms with Gasteiger partial charge < -0.3 is 10.2 Å². The molecule has 1 heterocycles. The van der Waals surface area contributed by atoms with Gasteiger partial charge in [-0.15, -0.1) is 0 Å². The number of likely N-dealkylation sites (tertiary alicyclic amines) is 1. The molecule has 6 heteroatoms. The number of nitro groups is 1. The minimum atomic E-state index is -0.590. The van der Waals surface area contributed by atoms with Crippen molar-refractivity contribution in [3.05, 3.63) is 34.1 Å². The highest BCUT2D eigenvalue weighted by Gasteiger charge is 2.17. The Labute approximate surface area is 117 Å². The normalized spacial score (nSPS) is 17.1. The maximum atomic E-state index is 13.0. The van der Waals surface area contributed by atoms with E-state index in [1.54, 1.807) is 0 Å². The highest BCUT2D eigenvalue weighted by atomic mass is 19.1. The monoisotopic (exact) mass is 281 g/mol. The molecular formula is C14H20FN3O2. The number of nitrogens with zero attached hydrogens (tertiary/aromatic N) is 2. The quantitative estimate of drug-likeness (QED) is 0.666. The summed E-state index contributed by atoms with van der Waals surface area (Å²) in [5, 5.41) is 13.9. The molecule has 0 spiro atoms. The highest BCUT2D eigenvalue weighted by Crippen LogP contribution is 2.24. The van der Waals surface area contributed by atoms with E-state index in [4.69, 9.17) is 0 Å². The number of nitro benzene ring substituents is 1. The van der Waals surface area contributed by atoms with Gasteiger partial charge in [-0.3, -0.25) is 10.1 Å². The van der Waals surface area contributed by atoms with Gasteiger partial charge in [-0.1, -0.05) is 6.92 Å². The molecular weight excluding hydrogens is 261 g/mol. The van der Waals surface area contributed by atoms with Crippen molar-refractivity contribution in [1.82, 2.24) is 4.90 Å². The van der Waals surface area contributed by atoms with E-state index in [-0.39, 0.29) is 5.69 Å². The predicted molar refractivity (Wildman–Crippen MR) is 76.4 cm³/mol. The summed E-state index contributed by atoms with van der Waals surface area (Å²) in [6, 6.07) is 3.61. The van der Waals surface area contributed by atoms with Crippen molar-refractivity contribution in [2.24, 2.45) is 5.92 Å². The highest BCUT2D eigenvalue weighted by molar-refractivity contribution is 5.61. The van der Waals surface area contributed by atoms with Crippen molar-refractivity contribution >= 4 is 11.4 Å². The van der Waals surface area contributed by atoms with Crippen LogP contribution in [0.25, 0.3) is 0 Å². The molecule has 1 saturated heterocycles. The second kappa shape index (κ2) is 6.65. The number of nitrogens with one attached hydrogen (secondary N) is 1. The average molecular weight is 281 g/mol. The van der Waals surface area contributed by atoms with Gasteiger partial charge in [0.05, 0.1) is 11.0 Å². The molecule has 0 atom stereocenters. The number of rotatable bonds is 5. The van der Waals surface area contributed by atoms with Crippen LogP contribution in [-0.4, -0.2) is 36.0 Å². The Morgan fingerprint density at radius 1 is 1.45 bits per heavy atom. The molecule has 1 fully saturated rings. The molecule has 2 rings (SSSR count). The van der Waals surface area contributed by atoms with E-state index in [1.807, 2.05) is 0 Å². The summed E-state index contributed by atoms with van der Waals surface area (Å²) in [6.45, 7) is 5.89. The number of piperidine rings is 1. The molecule has 1 aromatic carbocycles. The lowest BCUT2D eigenvalue weighted by molar-refractivity contribution is -0.384. The van der Waals surface area contributed by atoms with E-state index in [1.165, 1.54) is 25.0 Å². The Bertz CT molecular complexity index is 473. The summed E-state index contributed by atoms with van der Waals surface area (Å²) >= 11 is 0. The van der Waals surface area contributed by atoms with Gasteiger partial charge >= 0.3 is 0 Å². The molecule has 0 saturated carbocycles. The Morgan fingerprint density at radius 3 is 2.80 bits per heavy atom. The molecule has 1 N–H and O–H groups in total. The topological polar surface area (TPSA) is 58.4 Å². The van der Waals surface area contributed by atoms with Crippen molar-refractivity contribution in [2.45, 2.75) is 19.8 Å². The first kappa shape index (κ1) is 14.7. The van der Waals surface area contributed by atoms with Gasteiger partial charge in [0.15, 0.2) is 0 Å². The van der Waals surface area contributed by atoms with Crippen molar-refractivity contribution in [3.63, 3.8) is 0 Å². The molecule has 0 aromatic heterocycles. The third-order valence-electron chi connectivity index (χ3n) is 3.78. The van der Waals surface area contributed by atoms with Crippen LogP contribution in [0.2, 0.25) is 0 Å². The van der Waals surface area contributed by atoms with Crippen LogP contribution in [0, 0.1) is 21.8 Å². The van der Waals surface area contributed by atoms with Crippen molar-refractivity contribution in [3.8, 4) is 0 Å². The fraction of sp³-hybridized carbons (Fsp3) is 0.571. The van der Waals surface area contributed by atoms with Crippen molar-refractivity contribution < 1.29 is 9.31 Å². The molecule has 5 nitrogen and oxygen atoms in total. The average Bonchev–Trinajstić information content (AvgIpc) is 2.42. The van der Waals surface area contributed by atoms with Crippen molar-refractivity contribution in [2.75, 3.05) is 31.5 Å². The lowest BCUT2D eigenvalue weighted by Gasteiger charge is -2.30. The van der Waals surface area contributed by atoms with E-state index in [2.05, 4.69) is 17.1 Å². The standard InChI is InChI=1S/C14H20FN3O2/c1-11-4-7-17(8-5-11)9-6-16-13-3-2-12(15)10-14(13)18(19)20/h2-3,10-11,16H,4-9H2,1H3. The fourth-order valence-electron chi connectivity index (χ4n) is 2.44. The zero-order valence-corrected chi connectivity index (χ0v) is 11.6. The Hall–Kier alpha value is -1.69. The maximum Gasteiger partial charge on any atom is 0.295 e. The van der Waals surface area contributed by atoms with E-state index in [0.717, 1.165) is 31.6 Å². The molecule has 20 heavy (non-hydrogen) atoms. The first-order chi connectivity index (χ1) is 9.56. The van der Waals surface area contributed by atoms with Gasteiger partial charge in [-0.05, 0) is 44.0 Å². The number of anilines is 1. The van der Waals surface area contributed by atoms with Gasteiger partial charge in [0, 0.05) is 13.1 Å². The summed E-state index contributed by atoms with van der Waals surface area (Å²) in [5.74, 6) is 0.199. The first-order valence-electron chi connectivity index (χ1n) is 6.96. The van der Waals surface area contributed by atoms with Crippen LogP contribution in [-0.2, 0) is 0 Å². The van der Waals surface area contributed by atoms with Crippen LogP contribution in [0.1, 0.15) is 19.8 Å². The summed E-state index contributed by atoms with van der Waals surface area (Å²) < 4.78 is 13.0. The molecule has 1 aromatic rings. The Morgan fingerprint density at radius 2 is 2.15 bits per heavy atom. The molecule has 0 bridgehead atoms. The van der Waals surface area contributed by atoms with E-state index < -0.39 is 10.7 Å². The summed E-state index contributed by atoms with van der Waals surface area (Å²) in [6.07, 6.45) is 2.41. The van der Waals surface area contributed by atoms with Crippen LogP contribution in [0.15, 0.2) is 18.2 Å². The van der Waals surface area contributed by atoms with Gasteiger partial charge in [0.25, 0.3) is 5.69 Å². The van der Waals surface area contributed by atoms with Gasteiger partial charge in [0.1, 0.15) is 11.5 Å². The third kappa shape index (κ3) is 3.90. The molecule has 0 radical (unpaired) electrons. The minimum Gasteiger partial charge on any atom is -0.378 e. The Kier molecular flexibility index (Phi) is 4.89.